The molecule has 1 amide bonds. The SMILES string of the molecule is CC(=O)O[C@H](Cc1ccccc1)C(N)=O. The lowest BCUT2D eigenvalue weighted by Crippen LogP contribution is -2.34. The van der Waals surface area contributed by atoms with Gasteiger partial charge >= 0.3 is 5.97 Å². The number of primary amides is 1. The number of amides is 1. The summed E-state index contributed by atoms with van der Waals surface area (Å²) in [6.07, 6.45) is -0.569. The van der Waals surface area contributed by atoms with E-state index in [9.17, 15) is 9.59 Å². The van der Waals surface area contributed by atoms with Crippen LogP contribution in [-0.2, 0) is 20.7 Å². The molecule has 15 heavy (non-hydrogen) atoms. The molecule has 0 aliphatic carbocycles. The summed E-state index contributed by atoms with van der Waals surface area (Å²) in [6, 6.07) is 9.26. The Labute approximate surface area is 88.0 Å². The first-order chi connectivity index (χ1) is 7.09. The standard InChI is InChI=1S/C11H13NO3/c1-8(13)15-10(11(12)14)7-9-5-3-2-4-6-9/h2-6,10H,7H2,1H3,(H2,12,14)/t10-/m1/s1. The summed E-state index contributed by atoms with van der Waals surface area (Å²) in [5, 5.41) is 0. The van der Waals surface area contributed by atoms with E-state index in [1.54, 1.807) is 0 Å². The lowest BCUT2D eigenvalue weighted by atomic mass is 10.1. The Morgan fingerprint density at radius 1 is 1.33 bits per heavy atom. The second-order valence-electron chi connectivity index (χ2n) is 3.19. The fourth-order valence-corrected chi connectivity index (χ4v) is 1.23. The monoisotopic (exact) mass is 207 g/mol. The molecule has 0 aromatic heterocycles. The molecule has 0 bridgehead atoms. The molecule has 0 saturated heterocycles. The van der Waals surface area contributed by atoms with E-state index in [1.165, 1.54) is 6.92 Å². The van der Waals surface area contributed by atoms with Gasteiger partial charge < -0.3 is 10.5 Å². The molecular formula is C11H13NO3. The fourth-order valence-electron chi connectivity index (χ4n) is 1.23. The van der Waals surface area contributed by atoms with Gasteiger partial charge in [0.2, 0.25) is 0 Å². The first-order valence-electron chi connectivity index (χ1n) is 4.60. The molecule has 1 aromatic carbocycles. The minimum atomic E-state index is -0.884. The van der Waals surface area contributed by atoms with E-state index < -0.39 is 18.0 Å². The number of nitrogens with two attached hydrogens (primary N) is 1. The van der Waals surface area contributed by atoms with Crippen LogP contribution in [0.15, 0.2) is 30.3 Å². The largest absolute Gasteiger partial charge is 0.452 e. The van der Waals surface area contributed by atoms with Crippen LogP contribution in [0.3, 0.4) is 0 Å². The summed E-state index contributed by atoms with van der Waals surface area (Å²) in [6.45, 7) is 1.25. The average Bonchev–Trinajstić information content (AvgIpc) is 2.17. The van der Waals surface area contributed by atoms with Gasteiger partial charge in [0.25, 0.3) is 5.91 Å². The lowest BCUT2D eigenvalue weighted by Gasteiger charge is -2.13. The van der Waals surface area contributed by atoms with E-state index in [0.717, 1.165) is 5.56 Å². The maximum absolute atomic E-state index is 11.0. The van der Waals surface area contributed by atoms with Gasteiger partial charge in [0.15, 0.2) is 6.10 Å². The topological polar surface area (TPSA) is 69.4 Å². The van der Waals surface area contributed by atoms with Crippen LogP contribution in [-0.4, -0.2) is 18.0 Å². The van der Waals surface area contributed by atoms with Crippen LogP contribution < -0.4 is 5.73 Å². The summed E-state index contributed by atoms with van der Waals surface area (Å²) >= 11 is 0. The van der Waals surface area contributed by atoms with Crippen LogP contribution in [0, 0.1) is 0 Å². The van der Waals surface area contributed by atoms with Crippen LogP contribution in [0.4, 0.5) is 0 Å². The first kappa shape index (κ1) is 11.2. The maximum atomic E-state index is 11.0. The highest BCUT2D eigenvalue weighted by atomic mass is 16.5. The molecule has 0 unspecified atom stereocenters. The zero-order valence-corrected chi connectivity index (χ0v) is 8.47. The van der Waals surface area contributed by atoms with E-state index in [4.69, 9.17) is 10.5 Å². The molecule has 0 fully saturated rings. The third-order valence-corrected chi connectivity index (χ3v) is 1.89. The Morgan fingerprint density at radius 3 is 2.40 bits per heavy atom. The van der Waals surface area contributed by atoms with E-state index in [2.05, 4.69) is 0 Å². The molecular weight excluding hydrogens is 194 g/mol. The van der Waals surface area contributed by atoms with E-state index in [0.29, 0.717) is 6.42 Å². The molecule has 0 saturated carbocycles. The van der Waals surface area contributed by atoms with Crippen molar-refractivity contribution in [1.29, 1.82) is 0 Å². The Morgan fingerprint density at radius 2 is 1.93 bits per heavy atom. The molecule has 80 valence electrons. The zero-order chi connectivity index (χ0) is 11.3. The van der Waals surface area contributed by atoms with Gasteiger partial charge in [0, 0.05) is 13.3 Å². The number of carbonyl (C=O) groups excluding carboxylic acids is 2. The van der Waals surface area contributed by atoms with E-state index >= 15 is 0 Å². The molecule has 0 radical (unpaired) electrons. The van der Waals surface area contributed by atoms with Gasteiger partial charge in [-0.15, -0.1) is 0 Å². The van der Waals surface area contributed by atoms with Crippen LogP contribution in [0.25, 0.3) is 0 Å². The maximum Gasteiger partial charge on any atom is 0.303 e. The minimum Gasteiger partial charge on any atom is -0.452 e. The van der Waals surface area contributed by atoms with Crippen molar-refractivity contribution in [2.75, 3.05) is 0 Å². The smallest absolute Gasteiger partial charge is 0.303 e. The molecule has 1 atom stereocenters. The van der Waals surface area contributed by atoms with Crippen molar-refractivity contribution in [1.82, 2.24) is 0 Å². The normalized spacial score (nSPS) is 11.8. The molecule has 0 aliphatic rings. The molecule has 4 heteroatoms. The van der Waals surface area contributed by atoms with Crippen molar-refractivity contribution < 1.29 is 14.3 Å². The first-order valence-corrected chi connectivity index (χ1v) is 4.60. The van der Waals surface area contributed by atoms with Crippen molar-refractivity contribution in [2.24, 2.45) is 5.73 Å². The highest BCUT2D eigenvalue weighted by Gasteiger charge is 2.18. The molecule has 1 rings (SSSR count). The van der Waals surface area contributed by atoms with Crippen molar-refractivity contribution >= 4 is 11.9 Å². The Kier molecular flexibility index (Phi) is 3.85. The van der Waals surface area contributed by atoms with Gasteiger partial charge in [-0.2, -0.15) is 0 Å². The zero-order valence-electron chi connectivity index (χ0n) is 8.47. The Balaban J connectivity index is 2.67. The second kappa shape index (κ2) is 5.14. The highest BCUT2D eigenvalue weighted by molar-refractivity contribution is 5.82. The number of hydrogen-bond acceptors (Lipinski definition) is 3. The minimum absolute atomic E-state index is 0.315. The third kappa shape index (κ3) is 3.81. The van der Waals surface area contributed by atoms with Gasteiger partial charge in [-0.25, -0.2) is 0 Å². The predicted molar refractivity (Wildman–Crippen MR) is 54.9 cm³/mol. The average molecular weight is 207 g/mol. The summed E-state index contributed by atoms with van der Waals surface area (Å²) in [5.74, 6) is -1.14. The number of benzene rings is 1. The molecule has 1 aromatic rings. The molecule has 4 nitrogen and oxygen atoms in total. The Bertz CT molecular complexity index is 348. The number of rotatable bonds is 4. The van der Waals surface area contributed by atoms with Crippen molar-refractivity contribution in [3.8, 4) is 0 Å². The van der Waals surface area contributed by atoms with Gasteiger partial charge in [0.05, 0.1) is 0 Å². The van der Waals surface area contributed by atoms with E-state index in [-0.39, 0.29) is 0 Å². The number of carbonyl (C=O) groups is 2. The number of esters is 1. The molecule has 2 N–H and O–H groups in total. The molecule has 0 heterocycles. The fraction of sp³-hybridized carbons (Fsp3) is 0.273. The number of ether oxygens (including phenoxy) is 1. The van der Waals surface area contributed by atoms with Gasteiger partial charge in [0.1, 0.15) is 0 Å². The van der Waals surface area contributed by atoms with Crippen LogP contribution >= 0.6 is 0 Å². The Hall–Kier alpha value is -1.84. The molecule has 0 spiro atoms. The van der Waals surface area contributed by atoms with Gasteiger partial charge in [-0.1, -0.05) is 30.3 Å². The lowest BCUT2D eigenvalue weighted by molar-refractivity contribution is -0.152. The van der Waals surface area contributed by atoms with Gasteiger partial charge in [-0.3, -0.25) is 9.59 Å². The molecule has 0 aliphatic heterocycles. The van der Waals surface area contributed by atoms with E-state index in [1.807, 2.05) is 30.3 Å². The second-order valence-corrected chi connectivity index (χ2v) is 3.19. The summed E-state index contributed by atoms with van der Waals surface area (Å²) < 4.78 is 4.80. The summed E-state index contributed by atoms with van der Waals surface area (Å²) in [5.41, 5.74) is 6.02. The van der Waals surface area contributed by atoms with Crippen LogP contribution in [0.5, 0.6) is 0 Å². The summed E-state index contributed by atoms with van der Waals surface area (Å²) in [7, 11) is 0. The van der Waals surface area contributed by atoms with Crippen LogP contribution in [0.2, 0.25) is 0 Å². The quantitative estimate of drug-likeness (QED) is 0.737. The summed E-state index contributed by atoms with van der Waals surface area (Å²) in [4.78, 5) is 21.7. The van der Waals surface area contributed by atoms with Crippen molar-refractivity contribution in [3.63, 3.8) is 0 Å². The third-order valence-electron chi connectivity index (χ3n) is 1.89. The van der Waals surface area contributed by atoms with Crippen molar-refractivity contribution in [2.45, 2.75) is 19.4 Å². The van der Waals surface area contributed by atoms with Crippen LogP contribution in [0.1, 0.15) is 12.5 Å². The predicted octanol–water partition coefficient (Wildman–Crippen LogP) is 0.646. The van der Waals surface area contributed by atoms with Gasteiger partial charge in [-0.05, 0) is 5.56 Å². The highest BCUT2D eigenvalue weighted by Crippen LogP contribution is 2.05. The number of hydrogen-bond donors (Lipinski definition) is 1. The van der Waals surface area contributed by atoms with Crippen molar-refractivity contribution in [3.05, 3.63) is 35.9 Å².